The highest BCUT2D eigenvalue weighted by Crippen LogP contribution is 2.44. The van der Waals surface area contributed by atoms with Crippen molar-refractivity contribution in [3.05, 3.63) is 111 Å². The standard InChI is InChI=1S/C29H29ClN4S/c1-17-12-18(2)14-23(13-17)34-28(27(32-29(34)35)25-8-6-7-11-31-25)24-15-20(4)33(21(24)5)26-16-22(30)10-9-19(26)3/h6-16,27-28H,1-5H3,(H,32,35)/t27-,28+/m1/s1. The molecule has 5 rings (SSSR count). The summed E-state index contributed by atoms with van der Waals surface area (Å²) in [5.74, 6) is 0. The van der Waals surface area contributed by atoms with Gasteiger partial charge in [0.1, 0.15) is 0 Å². The van der Waals surface area contributed by atoms with Crippen molar-refractivity contribution in [2.24, 2.45) is 0 Å². The highest BCUT2D eigenvalue weighted by Gasteiger charge is 2.42. The van der Waals surface area contributed by atoms with Crippen molar-refractivity contribution in [2.45, 2.75) is 46.7 Å². The number of rotatable bonds is 4. The first-order valence-corrected chi connectivity index (χ1v) is 12.6. The summed E-state index contributed by atoms with van der Waals surface area (Å²) in [6.07, 6.45) is 1.84. The Morgan fingerprint density at radius 1 is 0.914 bits per heavy atom. The lowest BCUT2D eigenvalue weighted by molar-refractivity contribution is 0.565. The van der Waals surface area contributed by atoms with Gasteiger partial charge in [0.25, 0.3) is 0 Å². The van der Waals surface area contributed by atoms with Crippen LogP contribution in [0.3, 0.4) is 0 Å². The first kappa shape index (κ1) is 23.6. The van der Waals surface area contributed by atoms with Crippen LogP contribution in [0.5, 0.6) is 0 Å². The Kier molecular flexibility index (Phi) is 6.16. The average Bonchev–Trinajstić information content (AvgIpc) is 3.30. The molecule has 3 heterocycles. The summed E-state index contributed by atoms with van der Waals surface area (Å²) in [7, 11) is 0. The molecule has 6 heteroatoms. The van der Waals surface area contributed by atoms with E-state index in [2.05, 4.69) is 85.8 Å². The van der Waals surface area contributed by atoms with Crippen LogP contribution in [0.2, 0.25) is 5.02 Å². The number of halogens is 1. The third-order valence-electron chi connectivity index (χ3n) is 6.78. The molecule has 4 nitrogen and oxygen atoms in total. The monoisotopic (exact) mass is 500 g/mol. The summed E-state index contributed by atoms with van der Waals surface area (Å²) in [5, 5.41) is 5.02. The van der Waals surface area contributed by atoms with Crippen LogP contribution >= 0.6 is 23.8 Å². The molecule has 1 fully saturated rings. The largest absolute Gasteiger partial charge is 0.351 e. The Balaban J connectivity index is 1.72. The van der Waals surface area contributed by atoms with Crippen LogP contribution in [-0.4, -0.2) is 14.7 Å². The highest BCUT2D eigenvalue weighted by molar-refractivity contribution is 7.80. The molecule has 0 amide bonds. The van der Waals surface area contributed by atoms with E-state index in [0.29, 0.717) is 5.11 Å². The zero-order valence-corrected chi connectivity index (χ0v) is 22.2. The van der Waals surface area contributed by atoms with Crippen molar-refractivity contribution < 1.29 is 0 Å². The molecular formula is C29H29ClN4S. The molecule has 0 radical (unpaired) electrons. The molecule has 35 heavy (non-hydrogen) atoms. The molecule has 1 saturated heterocycles. The predicted molar refractivity (Wildman–Crippen MR) is 149 cm³/mol. The molecule has 0 saturated carbocycles. The van der Waals surface area contributed by atoms with Crippen molar-refractivity contribution in [3.8, 4) is 5.69 Å². The van der Waals surface area contributed by atoms with Crippen LogP contribution in [0.4, 0.5) is 5.69 Å². The van der Waals surface area contributed by atoms with Gasteiger partial charge in [0.05, 0.1) is 17.8 Å². The van der Waals surface area contributed by atoms with Crippen LogP contribution in [0, 0.1) is 34.6 Å². The number of thiocarbonyl (C=S) groups is 1. The molecule has 2 atom stereocenters. The van der Waals surface area contributed by atoms with Crippen molar-refractivity contribution in [1.82, 2.24) is 14.9 Å². The Morgan fingerprint density at radius 2 is 1.66 bits per heavy atom. The van der Waals surface area contributed by atoms with Gasteiger partial charge in [-0.05, 0) is 112 Å². The number of pyridine rings is 1. The molecule has 0 spiro atoms. The van der Waals surface area contributed by atoms with Gasteiger partial charge in [-0.15, -0.1) is 0 Å². The van der Waals surface area contributed by atoms with Crippen LogP contribution in [0.1, 0.15) is 51.4 Å². The second kappa shape index (κ2) is 9.14. The fourth-order valence-corrected chi connectivity index (χ4v) is 5.83. The predicted octanol–water partition coefficient (Wildman–Crippen LogP) is 7.24. The topological polar surface area (TPSA) is 33.1 Å². The smallest absolute Gasteiger partial charge is 0.174 e. The van der Waals surface area contributed by atoms with E-state index in [9.17, 15) is 0 Å². The number of hydrogen-bond acceptors (Lipinski definition) is 2. The number of anilines is 1. The van der Waals surface area contributed by atoms with Gasteiger partial charge in [0.15, 0.2) is 5.11 Å². The summed E-state index contributed by atoms with van der Waals surface area (Å²) < 4.78 is 2.30. The number of nitrogens with one attached hydrogen (secondary N) is 1. The van der Waals surface area contributed by atoms with E-state index in [0.717, 1.165) is 27.8 Å². The quantitative estimate of drug-likeness (QED) is 0.299. The molecule has 1 aliphatic rings. The lowest BCUT2D eigenvalue weighted by Crippen LogP contribution is -2.29. The van der Waals surface area contributed by atoms with E-state index >= 15 is 0 Å². The Hall–Kier alpha value is -3.15. The minimum Gasteiger partial charge on any atom is -0.351 e. The second-order valence-corrected chi connectivity index (χ2v) is 10.3. The number of aryl methyl sites for hydroxylation is 4. The van der Waals surface area contributed by atoms with Gasteiger partial charge in [0.2, 0.25) is 0 Å². The normalized spacial score (nSPS) is 17.7. The van der Waals surface area contributed by atoms with E-state index in [4.69, 9.17) is 28.8 Å². The third kappa shape index (κ3) is 4.24. The number of nitrogens with zero attached hydrogens (tertiary/aromatic N) is 3. The lowest BCUT2D eigenvalue weighted by atomic mass is 9.96. The Labute approximate surface area is 217 Å². The molecule has 0 aliphatic carbocycles. The van der Waals surface area contributed by atoms with Crippen molar-refractivity contribution in [2.75, 3.05) is 4.90 Å². The number of aromatic nitrogens is 2. The highest BCUT2D eigenvalue weighted by atomic mass is 35.5. The van der Waals surface area contributed by atoms with Crippen molar-refractivity contribution >= 4 is 34.6 Å². The Morgan fingerprint density at radius 3 is 2.34 bits per heavy atom. The van der Waals surface area contributed by atoms with Crippen LogP contribution < -0.4 is 10.2 Å². The maximum atomic E-state index is 6.40. The van der Waals surface area contributed by atoms with Crippen molar-refractivity contribution in [3.63, 3.8) is 0 Å². The summed E-state index contributed by atoms with van der Waals surface area (Å²) in [6, 6.07) is 20.8. The number of hydrogen-bond donors (Lipinski definition) is 1. The minimum absolute atomic E-state index is 0.0574. The fourth-order valence-electron chi connectivity index (χ4n) is 5.32. The van der Waals surface area contributed by atoms with Gasteiger partial charge in [-0.2, -0.15) is 0 Å². The molecule has 2 aromatic carbocycles. The van der Waals surface area contributed by atoms with Crippen LogP contribution in [0.15, 0.2) is 66.9 Å². The van der Waals surface area contributed by atoms with E-state index in [-0.39, 0.29) is 12.1 Å². The van der Waals surface area contributed by atoms with Crippen molar-refractivity contribution in [1.29, 1.82) is 0 Å². The maximum absolute atomic E-state index is 6.40. The fraction of sp³-hybridized carbons (Fsp3) is 0.241. The molecule has 0 unspecified atom stereocenters. The first-order chi connectivity index (χ1) is 16.7. The zero-order valence-electron chi connectivity index (χ0n) is 20.6. The van der Waals surface area contributed by atoms with Gasteiger partial charge < -0.3 is 14.8 Å². The summed E-state index contributed by atoms with van der Waals surface area (Å²) in [5.41, 5.74) is 10.3. The summed E-state index contributed by atoms with van der Waals surface area (Å²) >= 11 is 12.3. The molecule has 1 N–H and O–H groups in total. The lowest BCUT2D eigenvalue weighted by Gasteiger charge is -2.29. The second-order valence-electron chi connectivity index (χ2n) is 9.44. The molecular weight excluding hydrogens is 472 g/mol. The molecule has 178 valence electrons. The Bertz CT molecular complexity index is 1410. The van der Waals surface area contributed by atoms with E-state index < -0.39 is 0 Å². The van der Waals surface area contributed by atoms with Gasteiger partial charge in [0, 0.05) is 34.0 Å². The van der Waals surface area contributed by atoms with Gasteiger partial charge >= 0.3 is 0 Å². The summed E-state index contributed by atoms with van der Waals surface area (Å²) in [4.78, 5) is 6.96. The molecule has 4 aromatic rings. The summed E-state index contributed by atoms with van der Waals surface area (Å²) in [6.45, 7) is 10.7. The van der Waals surface area contributed by atoms with Crippen LogP contribution in [0.25, 0.3) is 5.69 Å². The zero-order chi connectivity index (χ0) is 24.9. The molecule has 0 bridgehead atoms. The third-order valence-corrected chi connectivity index (χ3v) is 7.33. The van der Waals surface area contributed by atoms with Gasteiger partial charge in [-0.3, -0.25) is 4.98 Å². The van der Waals surface area contributed by atoms with Gasteiger partial charge in [-0.1, -0.05) is 29.8 Å². The average molecular weight is 501 g/mol. The first-order valence-electron chi connectivity index (χ1n) is 11.8. The van der Waals surface area contributed by atoms with E-state index in [1.54, 1.807) is 0 Å². The van der Waals surface area contributed by atoms with E-state index in [1.807, 2.05) is 30.5 Å². The molecule has 2 aromatic heterocycles. The maximum Gasteiger partial charge on any atom is 0.174 e. The SMILES string of the molecule is Cc1cc(C)cc(N2C(=S)N[C@H](c3ccccn3)[C@@H]2c2cc(C)n(-c3cc(Cl)ccc3C)c2C)c1. The van der Waals surface area contributed by atoms with Gasteiger partial charge in [-0.25, -0.2) is 0 Å². The number of benzene rings is 2. The molecule has 1 aliphatic heterocycles. The van der Waals surface area contributed by atoms with E-state index in [1.165, 1.54) is 27.9 Å². The van der Waals surface area contributed by atoms with Crippen LogP contribution in [-0.2, 0) is 0 Å². The minimum atomic E-state index is -0.0843.